The van der Waals surface area contributed by atoms with Crippen LogP contribution in [0.25, 0.3) is 11.2 Å². The number of nitrogens with zero attached hydrogens (tertiary/aromatic N) is 4. The number of aliphatic hydroxyl groups excluding tert-OH is 2. The minimum atomic E-state index is -3.64. The van der Waals surface area contributed by atoms with Crippen LogP contribution in [-0.4, -0.2) is 54.5 Å². The van der Waals surface area contributed by atoms with E-state index in [1.165, 1.54) is 0 Å². The molecular weight excluding hydrogens is 290 g/mol. The van der Waals surface area contributed by atoms with Crippen LogP contribution in [0.1, 0.15) is 6.23 Å². The van der Waals surface area contributed by atoms with Gasteiger partial charge in [0.1, 0.15) is 11.6 Å². The minimum absolute atomic E-state index is 0.0459. The zero-order valence-electron chi connectivity index (χ0n) is 10.5. The monoisotopic (exact) mass is 302 g/mol. The van der Waals surface area contributed by atoms with Crippen LogP contribution in [-0.2, 0) is 4.74 Å². The number of nitrogen functional groups attached to an aromatic ring is 2. The summed E-state index contributed by atoms with van der Waals surface area (Å²) in [4.78, 5) is 11.3. The molecule has 3 rings (SSSR count). The summed E-state index contributed by atoms with van der Waals surface area (Å²) in [6, 6.07) is 0. The molecule has 9 nitrogen and oxygen atoms in total. The topological polar surface area (TPSA) is 145 Å². The average Bonchev–Trinajstić information content (AvgIpc) is 2.91. The van der Waals surface area contributed by atoms with Crippen molar-refractivity contribution in [3.05, 3.63) is 6.33 Å². The number of halogens is 2. The molecule has 1 aliphatic heterocycles. The van der Waals surface area contributed by atoms with Gasteiger partial charge >= 0.3 is 5.92 Å². The van der Waals surface area contributed by atoms with E-state index in [-0.39, 0.29) is 22.9 Å². The normalized spacial score (nSPS) is 28.3. The fourth-order valence-electron chi connectivity index (χ4n) is 2.25. The summed E-state index contributed by atoms with van der Waals surface area (Å²) in [5.74, 6) is -3.91. The van der Waals surface area contributed by atoms with Gasteiger partial charge in [-0.15, -0.1) is 0 Å². The van der Waals surface area contributed by atoms with Gasteiger partial charge in [-0.05, 0) is 0 Å². The fraction of sp³-hybridized carbons (Fsp3) is 0.500. The van der Waals surface area contributed by atoms with E-state index in [0.29, 0.717) is 0 Å². The van der Waals surface area contributed by atoms with E-state index in [1.807, 2.05) is 0 Å². The highest BCUT2D eigenvalue weighted by atomic mass is 19.3. The Kier molecular flexibility index (Phi) is 2.93. The molecule has 1 saturated heterocycles. The number of hydrogen-bond donors (Lipinski definition) is 4. The Balaban J connectivity index is 2.13. The number of anilines is 2. The average molecular weight is 302 g/mol. The van der Waals surface area contributed by atoms with Crippen LogP contribution < -0.4 is 11.5 Å². The molecule has 3 heterocycles. The molecule has 114 valence electrons. The maximum absolute atomic E-state index is 14.1. The zero-order valence-corrected chi connectivity index (χ0v) is 10.5. The van der Waals surface area contributed by atoms with Crippen molar-refractivity contribution >= 4 is 22.9 Å². The number of nitrogens with two attached hydrogens (primary N) is 2. The lowest BCUT2D eigenvalue weighted by molar-refractivity contribution is -0.138. The molecule has 11 heteroatoms. The summed E-state index contributed by atoms with van der Waals surface area (Å²) >= 11 is 0. The summed E-state index contributed by atoms with van der Waals surface area (Å²) in [5.41, 5.74) is 11.1. The molecule has 0 saturated carbocycles. The quantitative estimate of drug-likeness (QED) is 0.545. The molecule has 6 N–H and O–H groups in total. The van der Waals surface area contributed by atoms with Crippen molar-refractivity contribution in [2.75, 3.05) is 18.1 Å². The Hall–Kier alpha value is -2.11. The lowest BCUT2D eigenvalue weighted by atomic mass is 10.1. The standard InChI is InChI=1S/C10H12F2N6O3/c11-10(12)5(20)3(1-19)21-8(10)18-2-15-4-6(13)16-9(14)17-7(4)18/h2-3,5,8,19-20H,1H2,(H4,13,14,16,17)/t3-,5-,8-/m1/s1. The first-order chi connectivity index (χ1) is 9.86. The SMILES string of the molecule is Nc1nc(N)c2ncn([C@@H]3O[C@H](CO)[C@@H](O)C3(F)F)c2n1. The molecule has 0 aliphatic carbocycles. The second kappa shape index (κ2) is 4.44. The smallest absolute Gasteiger partial charge is 0.320 e. The third-order valence-electron chi connectivity index (χ3n) is 3.28. The Labute approximate surface area is 116 Å². The van der Waals surface area contributed by atoms with Gasteiger partial charge in [0.05, 0.1) is 12.9 Å². The van der Waals surface area contributed by atoms with Crippen LogP contribution in [0.5, 0.6) is 0 Å². The molecule has 0 radical (unpaired) electrons. The first-order valence-corrected chi connectivity index (χ1v) is 5.94. The van der Waals surface area contributed by atoms with Gasteiger partial charge < -0.3 is 26.4 Å². The van der Waals surface area contributed by atoms with E-state index in [2.05, 4.69) is 15.0 Å². The van der Waals surface area contributed by atoms with Gasteiger partial charge in [-0.3, -0.25) is 4.57 Å². The Morgan fingerprint density at radius 1 is 1.38 bits per heavy atom. The third-order valence-corrected chi connectivity index (χ3v) is 3.28. The number of fused-ring (bicyclic) bond motifs is 1. The van der Waals surface area contributed by atoms with E-state index in [0.717, 1.165) is 10.9 Å². The largest absolute Gasteiger partial charge is 0.394 e. The minimum Gasteiger partial charge on any atom is -0.394 e. The van der Waals surface area contributed by atoms with Crippen molar-refractivity contribution in [1.82, 2.24) is 19.5 Å². The van der Waals surface area contributed by atoms with Crippen LogP contribution in [0.2, 0.25) is 0 Å². The van der Waals surface area contributed by atoms with Gasteiger partial charge in [-0.1, -0.05) is 0 Å². The van der Waals surface area contributed by atoms with E-state index in [4.69, 9.17) is 21.3 Å². The summed E-state index contributed by atoms with van der Waals surface area (Å²) in [6.07, 6.45) is -4.41. The second-order valence-electron chi connectivity index (χ2n) is 4.62. The van der Waals surface area contributed by atoms with Crippen molar-refractivity contribution in [3.63, 3.8) is 0 Å². The highest BCUT2D eigenvalue weighted by Gasteiger charge is 2.59. The number of rotatable bonds is 2. The van der Waals surface area contributed by atoms with E-state index >= 15 is 0 Å². The molecule has 2 aromatic rings. The fourth-order valence-corrected chi connectivity index (χ4v) is 2.25. The molecule has 21 heavy (non-hydrogen) atoms. The Morgan fingerprint density at radius 3 is 2.71 bits per heavy atom. The molecule has 0 aromatic carbocycles. The highest BCUT2D eigenvalue weighted by molar-refractivity contribution is 5.82. The molecule has 0 bridgehead atoms. The van der Waals surface area contributed by atoms with Crippen molar-refractivity contribution < 1.29 is 23.7 Å². The molecule has 0 unspecified atom stereocenters. The number of ether oxygens (including phenoxy) is 1. The zero-order chi connectivity index (χ0) is 15.4. The molecule has 1 fully saturated rings. The maximum Gasteiger partial charge on any atom is 0.320 e. The molecule has 1 aliphatic rings. The summed E-state index contributed by atoms with van der Waals surface area (Å²) < 4.78 is 34.1. The summed E-state index contributed by atoms with van der Waals surface area (Å²) in [6.45, 7) is -0.751. The number of aliphatic hydroxyl groups is 2. The summed E-state index contributed by atoms with van der Waals surface area (Å²) in [7, 11) is 0. The highest BCUT2D eigenvalue weighted by Crippen LogP contribution is 2.43. The molecule has 2 aromatic heterocycles. The Bertz CT molecular complexity index is 693. The van der Waals surface area contributed by atoms with Gasteiger partial charge in [0.15, 0.2) is 17.6 Å². The number of hydrogen-bond acceptors (Lipinski definition) is 8. The molecule has 0 spiro atoms. The maximum atomic E-state index is 14.1. The van der Waals surface area contributed by atoms with Crippen molar-refractivity contribution in [1.29, 1.82) is 0 Å². The Morgan fingerprint density at radius 2 is 2.10 bits per heavy atom. The van der Waals surface area contributed by atoms with Crippen molar-refractivity contribution in [3.8, 4) is 0 Å². The summed E-state index contributed by atoms with van der Waals surface area (Å²) in [5, 5.41) is 18.5. The number of alkyl halides is 2. The van der Waals surface area contributed by atoms with Crippen LogP contribution in [0.15, 0.2) is 6.33 Å². The van der Waals surface area contributed by atoms with E-state index < -0.39 is 31.0 Å². The first-order valence-electron chi connectivity index (χ1n) is 5.94. The predicted molar refractivity (Wildman–Crippen MR) is 66.1 cm³/mol. The van der Waals surface area contributed by atoms with Gasteiger partial charge in [0.2, 0.25) is 12.2 Å². The lowest BCUT2D eigenvalue weighted by Crippen LogP contribution is -2.39. The van der Waals surface area contributed by atoms with Crippen LogP contribution in [0.3, 0.4) is 0 Å². The van der Waals surface area contributed by atoms with E-state index in [9.17, 15) is 13.9 Å². The molecule has 3 atom stereocenters. The van der Waals surface area contributed by atoms with Crippen molar-refractivity contribution in [2.45, 2.75) is 24.4 Å². The molecular formula is C10H12F2N6O3. The van der Waals surface area contributed by atoms with Crippen LogP contribution >= 0.6 is 0 Å². The molecule has 0 amide bonds. The van der Waals surface area contributed by atoms with Gasteiger partial charge in [-0.25, -0.2) is 4.98 Å². The number of aromatic nitrogens is 4. The van der Waals surface area contributed by atoms with E-state index in [1.54, 1.807) is 0 Å². The van der Waals surface area contributed by atoms with Gasteiger partial charge in [0.25, 0.3) is 0 Å². The van der Waals surface area contributed by atoms with Gasteiger partial charge in [-0.2, -0.15) is 18.7 Å². The number of imidazole rings is 1. The van der Waals surface area contributed by atoms with Crippen LogP contribution in [0, 0.1) is 0 Å². The predicted octanol–water partition coefficient (Wildman–Crippen LogP) is -1.12. The van der Waals surface area contributed by atoms with Crippen molar-refractivity contribution in [2.24, 2.45) is 0 Å². The third kappa shape index (κ3) is 1.89. The van der Waals surface area contributed by atoms with Gasteiger partial charge in [0, 0.05) is 0 Å². The van der Waals surface area contributed by atoms with Crippen LogP contribution in [0.4, 0.5) is 20.5 Å². The first kappa shape index (κ1) is 13.9. The second-order valence-corrected chi connectivity index (χ2v) is 4.62. The lowest BCUT2D eigenvalue weighted by Gasteiger charge is -2.20.